The Balaban J connectivity index is 2.61. The van der Waals surface area contributed by atoms with E-state index in [1.165, 1.54) is 0 Å². The van der Waals surface area contributed by atoms with Crippen LogP contribution in [0.15, 0.2) is 6.20 Å². The van der Waals surface area contributed by atoms with Gasteiger partial charge in [0.15, 0.2) is 0 Å². The van der Waals surface area contributed by atoms with Crippen LogP contribution < -0.4 is 0 Å². The molecule has 0 bridgehead atoms. The number of alkyl halides is 1. The molecular weight excluding hydrogens is 136 g/mol. The summed E-state index contributed by atoms with van der Waals surface area (Å²) < 4.78 is 0. The van der Waals surface area contributed by atoms with Crippen LogP contribution in [0, 0.1) is 6.92 Å². The lowest BCUT2D eigenvalue weighted by molar-refractivity contribution is 0.988. The van der Waals surface area contributed by atoms with Gasteiger partial charge in [-0.1, -0.05) is 0 Å². The van der Waals surface area contributed by atoms with E-state index in [0.717, 1.165) is 17.9 Å². The van der Waals surface area contributed by atoms with Gasteiger partial charge in [-0.3, -0.25) is 0 Å². The number of aryl methyl sites for hydroxylation is 2. The van der Waals surface area contributed by atoms with E-state index < -0.39 is 0 Å². The van der Waals surface area contributed by atoms with E-state index in [4.69, 9.17) is 11.6 Å². The number of H-pyrrole nitrogens is 1. The van der Waals surface area contributed by atoms with Gasteiger partial charge in [0.25, 0.3) is 0 Å². The van der Waals surface area contributed by atoms with Crippen molar-refractivity contribution in [3.63, 3.8) is 0 Å². The molecule has 50 valence electrons. The van der Waals surface area contributed by atoms with Crippen molar-refractivity contribution < 1.29 is 0 Å². The molecule has 0 fully saturated rings. The quantitative estimate of drug-likeness (QED) is 0.627. The van der Waals surface area contributed by atoms with E-state index in [9.17, 15) is 0 Å². The molecular formula is C6H9ClN2. The van der Waals surface area contributed by atoms with Gasteiger partial charge in [-0.05, 0) is 6.92 Å². The summed E-state index contributed by atoms with van der Waals surface area (Å²) in [6.45, 7) is 1.98. The minimum atomic E-state index is 0.632. The summed E-state index contributed by atoms with van der Waals surface area (Å²) >= 11 is 5.49. The molecule has 0 amide bonds. The van der Waals surface area contributed by atoms with Crippen molar-refractivity contribution >= 4 is 11.6 Å². The summed E-state index contributed by atoms with van der Waals surface area (Å²) in [4.78, 5) is 7.15. The molecule has 2 nitrogen and oxygen atoms in total. The van der Waals surface area contributed by atoms with Crippen molar-refractivity contribution in [2.45, 2.75) is 13.3 Å². The zero-order valence-electron chi connectivity index (χ0n) is 5.32. The van der Waals surface area contributed by atoms with Crippen LogP contribution in [-0.2, 0) is 6.42 Å². The highest BCUT2D eigenvalue weighted by Crippen LogP contribution is 1.96. The molecule has 0 aliphatic rings. The largest absolute Gasteiger partial charge is 0.346 e. The van der Waals surface area contributed by atoms with Crippen LogP contribution >= 0.6 is 11.6 Å². The molecule has 1 N–H and O–H groups in total. The number of aromatic nitrogens is 2. The predicted octanol–water partition coefficient (Wildman–Crippen LogP) is 1.50. The minimum absolute atomic E-state index is 0.632. The molecule has 0 aromatic carbocycles. The van der Waals surface area contributed by atoms with Gasteiger partial charge in [-0.25, -0.2) is 4.98 Å². The van der Waals surface area contributed by atoms with Gasteiger partial charge >= 0.3 is 0 Å². The fraction of sp³-hybridized carbons (Fsp3) is 0.500. The van der Waals surface area contributed by atoms with Crippen LogP contribution in [0.4, 0.5) is 0 Å². The van der Waals surface area contributed by atoms with Crippen LogP contribution in [0.5, 0.6) is 0 Å². The highest BCUT2D eigenvalue weighted by molar-refractivity contribution is 6.17. The van der Waals surface area contributed by atoms with Crippen molar-refractivity contribution in [3.8, 4) is 0 Å². The van der Waals surface area contributed by atoms with Crippen molar-refractivity contribution in [2.75, 3.05) is 5.88 Å². The number of hydrogen-bond acceptors (Lipinski definition) is 1. The third-order valence-electron chi connectivity index (χ3n) is 1.09. The molecule has 0 atom stereocenters. The first kappa shape index (κ1) is 6.62. The lowest BCUT2D eigenvalue weighted by atomic mass is 10.5. The maximum atomic E-state index is 5.49. The summed E-state index contributed by atoms with van der Waals surface area (Å²) in [7, 11) is 0. The smallest absolute Gasteiger partial charge is 0.107 e. The molecule has 0 aliphatic carbocycles. The number of halogens is 1. The van der Waals surface area contributed by atoms with E-state index in [1.807, 2.05) is 13.1 Å². The topological polar surface area (TPSA) is 28.7 Å². The highest BCUT2D eigenvalue weighted by Gasteiger charge is 1.93. The van der Waals surface area contributed by atoms with Crippen LogP contribution in [0.3, 0.4) is 0 Å². The summed E-state index contributed by atoms with van der Waals surface area (Å²) in [6, 6.07) is 0. The zero-order valence-corrected chi connectivity index (χ0v) is 6.07. The molecule has 0 unspecified atom stereocenters. The van der Waals surface area contributed by atoms with Gasteiger partial charge in [0.2, 0.25) is 0 Å². The second-order valence-corrected chi connectivity index (χ2v) is 2.33. The fourth-order valence-corrected chi connectivity index (χ4v) is 0.862. The van der Waals surface area contributed by atoms with E-state index in [2.05, 4.69) is 9.97 Å². The maximum absolute atomic E-state index is 5.49. The molecule has 1 rings (SSSR count). The standard InChI is InChI=1S/C6H9ClN2/c1-5-4-8-6(9-5)2-3-7/h4H,2-3H2,1H3,(H,8,9). The highest BCUT2D eigenvalue weighted by atomic mass is 35.5. The van der Waals surface area contributed by atoms with Gasteiger partial charge in [0, 0.05) is 24.2 Å². The van der Waals surface area contributed by atoms with Crippen molar-refractivity contribution in [1.29, 1.82) is 0 Å². The third kappa shape index (κ3) is 1.72. The molecule has 1 aromatic rings. The first-order chi connectivity index (χ1) is 4.33. The Hall–Kier alpha value is -0.500. The Morgan fingerprint density at radius 1 is 1.78 bits per heavy atom. The Morgan fingerprint density at radius 3 is 3.00 bits per heavy atom. The van der Waals surface area contributed by atoms with Gasteiger partial charge < -0.3 is 4.98 Å². The fourth-order valence-electron chi connectivity index (χ4n) is 0.683. The van der Waals surface area contributed by atoms with Crippen LogP contribution in [0.25, 0.3) is 0 Å². The molecule has 1 aromatic heterocycles. The van der Waals surface area contributed by atoms with E-state index in [-0.39, 0.29) is 0 Å². The Kier molecular flexibility index (Phi) is 2.11. The average Bonchev–Trinajstić information content (AvgIpc) is 2.17. The SMILES string of the molecule is Cc1cnc(CCCl)[nH]1. The first-order valence-electron chi connectivity index (χ1n) is 2.89. The van der Waals surface area contributed by atoms with Crippen LogP contribution in [0.1, 0.15) is 11.5 Å². The maximum Gasteiger partial charge on any atom is 0.107 e. The van der Waals surface area contributed by atoms with Gasteiger partial charge in [-0.15, -0.1) is 11.6 Å². The van der Waals surface area contributed by atoms with Gasteiger partial charge in [-0.2, -0.15) is 0 Å². The summed E-state index contributed by atoms with van der Waals surface area (Å²) in [5, 5.41) is 0. The Morgan fingerprint density at radius 2 is 2.56 bits per heavy atom. The summed E-state index contributed by atoms with van der Waals surface area (Å²) in [6.07, 6.45) is 2.64. The van der Waals surface area contributed by atoms with Crippen molar-refractivity contribution in [2.24, 2.45) is 0 Å². The number of rotatable bonds is 2. The number of nitrogens with zero attached hydrogens (tertiary/aromatic N) is 1. The van der Waals surface area contributed by atoms with Crippen molar-refractivity contribution in [3.05, 3.63) is 17.7 Å². The predicted molar refractivity (Wildman–Crippen MR) is 37.7 cm³/mol. The van der Waals surface area contributed by atoms with E-state index in [1.54, 1.807) is 0 Å². The first-order valence-corrected chi connectivity index (χ1v) is 3.43. The van der Waals surface area contributed by atoms with E-state index >= 15 is 0 Å². The average molecular weight is 145 g/mol. The monoisotopic (exact) mass is 144 g/mol. The number of aromatic amines is 1. The molecule has 1 heterocycles. The number of imidazole rings is 1. The van der Waals surface area contributed by atoms with Crippen molar-refractivity contribution in [1.82, 2.24) is 9.97 Å². The summed E-state index contributed by atoms with van der Waals surface area (Å²) in [5.41, 5.74) is 1.09. The lowest BCUT2D eigenvalue weighted by Crippen LogP contribution is -1.87. The van der Waals surface area contributed by atoms with Gasteiger partial charge in [0.05, 0.1) is 0 Å². The lowest BCUT2D eigenvalue weighted by Gasteiger charge is -1.86. The van der Waals surface area contributed by atoms with Gasteiger partial charge in [0.1, 0.15) is 5.82 Å². The normalized spacial score (nSPS) is 10.0. The number of hydrogen-bond donors (Lipinski definition) is 1. The molecule has 9 heavy (non-hydrogen) atoms. The van der Waals surface area contributed by atoms with Crippen LogP contribution in [-0.4, -0.2) is 15.8 Å². The Labute approximate surface area is 59.3 Å². The minimum Gasteiger partial charge on any atom is -0.346 e. The van der Waals surface area contributed by atoms with E-state index in [0.29, 0.717) is 5.88 Å². The second-order valence-electron chi connectivity index (χ2n) is 1.95. The molecule has 3 heteroatoms. The molecule has 0 saturated carbocycles. The molecule has 0 radical (unpaired) electrons. The Bertz CT molecular complexity index is 183. The molecule has 0 saturated heterocycles. The third-order valence-corrected chi connectivity index (χ3v) is 1.28. The summed E-state index contributed by atoms with van der Waals surface area (Å²) in [5.74, 6) is 1.61. The molecule has 0 spiro atoms. The number of nitrogens with one attached hydrogen (secondary N) is 1. The zero-order chi connectivity index (χ0) is 6.69. The second kappa shape index (κ2) is 2.87. The van der Waals surface area contributed by atoms with Crippen LogP contribution in [0.2, 0.25) is 0 Å². The molecule has 0 aliphatic heterocycles.